The van der Waals surface area contributed by atoms with Crippen LogP contribution in [-0.2, 0) is 9.59 Å². The molecule has 1 fully saturated rings. The van der Waals surface area contributed by atoms with Gasteiger partial charge in [-0.15, -0.1) is 0 Å². The molecule has 0 atom stereocenters. The first kappa shape index (κ1) is 19.9. The highest BCUT2D eigenvalue weighted by atomic mass is 16.4. The first-order valence-corrected chi connectivity index (χ1v) is 9.32. The summed E-state index contributed by atoms with van der Waals surface area (Å²) < 4.78 is 0. The number of nitrogens with one attached hydrogen (secondary N) is 1. The minimum Gasteiger partial charge on any atom is -0.481 e. The van der Waals surface area contributed by atoms with Crippen molar-refractivity contribution in [3.8, 4) is 0 Å². The molecular formula is C20H28N2O4. The van der Waals surface area contributed by atoms with Gasteiger partial charge in [0.1, 0.15) is 0 Å². The number of carboxylic acid groups (broad SMARTS) is 1. The number of hydrogen-bond acceptors (Lipinski definition) is 3. The Morgan fingerprint density at radius 3 is 2.50 bits per heavy atom. The van der Waals surface area contributed by atoms with Crippen LogP contribution < -0.4 is 5.32 Å². The Balaban J connectivity index is 2.07. The summed E-state index contributed by atoms with van der Waals surface area (Å²) in [6, 6.07) is 6.75. The highest BCUT2D eigenvalue weighted by Gasteiger charge is 2.22. The van der Waals surface area contributed by atoms with E-state index in [0.717, 1.165) is 25.7 Å². The van der Waals surface area contributed by atoms with Gasteiger partial charge in [-0.2, -0.15) is 0 Å². The Bertz CT molecular complexity index is 651. The molecule has 0 radical (unpaired) electrons. The minimum absolute atomic E-state index is 0.0147. The second-order valence-corrected chi connectivity index (χ2v) is 7.14. The average molecular weight is 360 g/mol. The topological polar surface area (TPSA) is 86.7 Å². The van der Waals surface area contributed by atoms with Crippen LogP contribution in [0.15, 0.2) is 24.3 Å². The Morgan fingerprint density at radius 1 is 1.19 bits per heavy atom. The predicted octanol–water partition coefficient (Wildman–Crippen LogP) is 3.53. The van der Waals surface area contributed by atoms with Crippen molar-refractivity contribution in [3.63, 3.8) is 0 Å². The third-order valence-electron chi connectivity index (χ3n) is 4.80. The lowest BCUT2D eigenvalue weighted by molar-refractivity contribution is -0.137. The fourth-order valence-corrected chi connectivity index (χ4v) is 3.32. The van der Waals surface area contributed by atoms with Crippen LogP contribution >= 0.6 is 0 Å². The molecule has 2 amide bonds. The number of carbonyl (C=O) groups excluding carboxylic acids is 2. The fraction of sp³-hybridized carbons (Fsp3) is 0.550. The number of carboxylic acids is 1. The van der Waals surface area contributed by atoms with Gasteiger partial charge in [0.15, 0.2) is 0 Å². The molecule has 1 saturated carbocycles. The number of carbonyl (C=O) groups is 3. The summed E-state index contributed by atoms with van der Waals surface area (Å²) >= 11 is 0. The summed E-state index contributed by atoms with van der Waals surface area (Å²) in [6.45, 7) is 3.87. The van der Waals surface area contributed by atoms with Crippen molar-refractivity contribution in [2.75, 3.05) is 11.9 Å². The highest BCUT2D eigenvalue weighted by molar-refractivity contribution is 5.98. The van der Waals surface area contributed by atoms with Crippen LogP contribution in [0.2, 0.25) is 0 Å². The van der Waals surface area contributed by atoms with E-state index in [1.807, 2.05) is 13.8 Å². The molecule has 0 aromatic heterocycles. The highest BCUT2D eigenvalue weighted by Crippen LogP contribution is 2.25. The molecule has 142 valence electrons. The van der Waals surface area contributed by atoms with Crippen LogP contribution in [0.1, 0.15) is 62.7 Å². The third-order valence-corrected chi connectivity index (χ3v) is 4.80. The van der Waals surface area contributed by atoms with E-state index in [1.54, 1.807) is 24.3 Å². The lowest BCUT2D eigenvalue weighted by Crippen LogP contribution is -2.38. The lowest BCUT2D eigenvalue weighted by atomic mass is 9.88. The van der Waals surface area contributed by atoms with Gasteiger partial charge in [-0.1, -0.05) is 25.3 Å². The van der Waals surface area contributed by atoms with Crippen LogP contribution in [0.3, 0.4) is 0 Å². The van der Waals surface area contributed by atoms with Crippen molar-refractivity contribution in [1.82, 2.24) is 4.90 Å². The summed E-state index contributed by atoms with van der Waals surface area (Å²) in [5, 5.41) is 11.8. The molecule has 0 unspecified atom stereocenters. The fourth-order valence-electron chi connectivity index (χ4n) is 3.32. The Labute approximate surface area is 154 Å². The molecule has 0 bridgehead atoms. The van der Waals surface area contributed by atoms with E-state index in [1.165, 1.54) is 11.3 Å². The molecule has 26 heavy (non-hydrogen) atoms. The SMILES string of the molecule is CC(C)N(CCC(=O)O)C(=O)c1cccc(NC(=O)C2CCCCC2)c1. The Hall–Kier alpha value is -2.37. The molecule has 1 aliphatic rings. The van der Waals surface area contributed by atoms with Gasteiger partial charge >= 0.3 is 5.97 Å². The third kappa shape index (κ3) is 5.58. The van der Waals surface area contributed by atoms with Gasteiger partial charge in [0.05, 0.1) is 6.42 Å². The molecule has 0 aliphatic heterocycles. The average Bonchev–Trinajstić information content (AvgIpc) is 2.62. The predicted molar refractivity (Wildman–Crippen MR) is 100 cm³/mol. The molecule has 1 aromatic rings. The number of amides is 2. The van der Waals surface area contributed by atoms with Gasteiger partial charge in [0, 0.05) is 29.8 Å². The van der Waals surface area contributed by atoms with Crippen molar-refractivity contribution in [1.29, 1.82) is 0 Å². The molecule has 2 N–H and O–H groups in total. The number of anilines is 1. The molecule has 0 saturated heterocycles. The molecule has 1 aromatic carbocycles. The maximum atomic E-state index is 12.8. The molecule has 2 rings (SSSR count). The number of nitrogens with zero attached hydrogens (tertiary/aromatic N) is 1. The molecule has 1 aliphatic carbocycles. The maximum Gasteiger partial charge on any atom is 0.305 e. The van der Waals surface area contributed by atoms with Crippen molar-refractivity contribution in [3.05, 3.63) is 29.8 Å². The van der Waals surface area contributed by atoms with Crippen LogP contribution in [0.5, 0.6) is 0 Å². The van der Waals surface area contributed by atoms with Crippen molar-refractivity contribution >= 4 is 23.5 Å². The zero-order valence-electron chi connectivity index (χ0n) is 15.5. The summed E-state index contributed by atoms with van der Waals surface area (Å²) in [7, 11) is 0. The van der Waals surface area contributed by atoms with E-state index in [-0.39, 0.29) is 36.7 Å². The Kier molecular flexibility index (Phi) is 7.18. The first-order chi connectivity index (χ1) is 12.4. The number of aliphatic carboxylic acids is 1. The standard InChI is InChI=1S/C20H28N2O4/c1-14(2)22(12-11-18(23)24)20(26)16-9-6-10-17(13-16)21-19(25)15-7-4-3-5-8-15/h6,9-10,13-15H,3-5,7-8,11-12H2,1-2H3,(H,21,25)(H,23,24). The molecule has 0 heterocycles. The molecular weight excluding hydrogens is 332 g/mol. The largest absolute Gasteiger partial charge is 0.481 e. The summed E-state index contributed by atoms with van der Waals surface area (Å²) in [5.41, 5.74) is 1.05. The van der Waals surface area contributed by atoms with E-state index in [4.69, 9.17) is 5.11 Å². The van der Waals surface area contributed by atoms with E-state index in [9.17, 15) is 14.4 Å². The zero-order valence-corrected chi connectivity index (χ0v) is 15.5. The minimum atomic E-state index is -0.933. The number of benzene rings is 1. The van der Waals surface area contributed by atoms with Crippen LogP contribution in [0.25, 0.3) is 0 Å². The van der Waals surface area contributed by atoms with Crippen LogP contribution in [0, 0.1) is 5.92 Å². The number of hydrogen-bond donors (Lipinski definition) is 2. The van der Waals surface area contributed by atoms with E-state index in [2.05, 4.69) is 5.32 Å². The van der Waals surface area contributed by atoms with Gasteiger partial charge in [-0.25, -0.2) is 0 Å². The van der Waals surface area contributed by atoms with Crippen molar-refractivity contribution in [2.45, 2.75) is 58.4 Å². The van der Waals surface area contributed by atoms with E-state index < -0.39 is 5.97 Å². The van der Waals surface area contributed by atoms with Gasteiger partial charge < -0.3 is 15.3 Å². The van der Waals surface area contributed by atoms with Crippen molar-refractivity contribution < 1.29 is 19.5 Å². The van der Waals surface area contributed by atoms with Crippen molar-refractivity contribution in [2.24, 2.45) is 5.92 Å². The van der Waals surface area contributed by atoms with E-state index >= 15 is 0 Å². The smallest absolute Gasteiger partial charge is 0.305 e. The van der Waals surface area contributed by atoms with Gasteiger partial charge in [-0.05, 0) is 44.9 Å². The second kappa shape index (κ2) is 9.36. The summed E-state index contributed by atoms with van der Waals surface area (Å²) in [4.78, 5) is 37.5. The number of rotatable bonds is 7. The van der Waals surface area contributed by atoms with Gasteiger partial charge in [0.2, 0.25) is 5.91 Å². The van der Waals surface area contributed by atoms with Crippen LogP contribution in [-0.4, -0.2) is 40.4 Å². The zero-order chi connectivity index (χ0) is 19.1. The first-order valence-electron chi connectivity index (χ1n) is 9.32. The van der Waals surface area contributed by atoms with Crippen LogP contribution in [0.4, 0.5) is 5.69 Å². The lowest BCUT2D eigenvalue weighted by Gasteiger charge is -2.26. The van der Waals surface area contributed by atoms with Gasteiger partial charge in [0.25, 0.3) is 5.91 Å². The molecule has 0 spiro atoms. The Morgan fingerprint density at radius 2 is 1.88 bits per heavy atom. The second-order valence-electron chi connectivity index (χ2n) is 7.14. The molecule has 6 nitrogen and oxygen atoms in total. The van der Waals surface area contributed by atoms with Gasteiger partial charge in [-0.3, -0.25) is 14.4 Å². The monoisotopic (exact) mass is 360 g/mol. The molecule has 6 heteroatoms. The van der Waals surface area contributed by atoms with E-state index in [0.29, 0.717) is 11.3 Å². The normalized spacial score (nSPS) is 14.9. The summed E-state index contributed by atoms with van der Waals surface area (Å²) in [6.07, 6.45) is 5.10. The summed E-state index contributed by atoms with van der Waals surface area (Å²) in [5.74, 6) is -1.10. The quantitative estimate of drug-likeness (QED) is 0.779. The maximum absolute atomic E-state index is 12.8.